The number of carbonyl (C=O) groups is 1. The molecule has 0 aliphatic carbocycles. The number of hydrogen-bond donors (Lipinski definition) is 1. The Morgan fingerprint density at radius 1 is 1.53 bits per heavy atom. The van der Waals surface area contributed by atoms with E-state index in [-0.39, 0.29) is 0 Å². The molecule has 2 nitrogen and oxygen atoms in total. The lowest BCUT2D eigenvalue weighted by atomic mass is 9.99. The Balaban J connectivity index is 2.95. The number of aliphatic carboxylic acids is 1. The molecule has 0 aliphatic rings. The summed E-state index contributed by atoms with van der Waals surface area (Å²) < 4.78 is 1.01. The van der Waals surface area contributed by atoms with Crippen molar-refractivity contribution in [3.05, 3.63) is 33.8 Å². The zero-order valence-electron chi connectivity index (χ0n) is 8.96. The van der Waals surface area contributed by atoms with E-state index < -0.39 is 11.9 Å². The fourth-order valence-corrected chi connectivity index (χ4v) is 2.04. The molecule has 0 amide bonds. The molecule has 1 aromatic carbocycles. The highest BCUT2D eigenvalue weighted by molar-refractivity contribution is 9.10. The highest BCUT2D eigenvalue weighted by atomic mass is 79.9. The van der Waals surface area contributed by atoms with E-state index in [4.69, 9.17) is 5.11 Å². The summed E-state index contributed by atoms with van der Waals surface area (Å²) in [7, 11) is 0. The van der Waals surface area contributed by atoms with Crippen molar-refractivity contribution in [2.75, 3.05) is 0 Å². The molecule has 15 heavy (non-hydrogen) atoms. The van der Waals surface area contributed by atoms with Gasteiger partial charge in [-0.25, -0.2) is 0 Å². The zero-order chi connectivity index (χ0) is 11.4. The maximum absolute atomic E-state index is 10.8. The van der Waals surface area contributed by atoms with E-state index in [1.165, 1.54) is 5.56 Å². The van der Waals surface area contributed by atoms with E-state index in [0.29, 0.717) is 0 Å². The summed E-state index contributed by atoms with van der Waals surface area (Å²) in [5, 5.41) is 8.88. The summed E-state index contributed by atoms with van der Waals surface area (Å²) in [6.45, 7) is 3.82. The molecule has 0 saturated carbocycles. The standard InChI is InChI=1S/C12H15BrO2/c1-3-4-9-5-6-10(7-11(9)13)8(2)12(14)15/h5-8H,3-4H2,1-2H3,(H,14,15). The van der Waals surface area contributed by atoms with Gasteiger partial charge in [0.25, 0.3) is 0 Å². The first-order valence-electron chi connectivity index (χ1n) is 5.07. The third-order valence-corrected chi connectivity index (χ3v) is 3.21. The van der Waals surface area contributed by atoms with Gasteiger partial charge in [-0.05, 0) is 30.5 Å². The Bertz CT molecular complexity index is 361. The van der Waals surface area contributed by atoms with Gasteiger partial charge in [-0.1, -0.05) is 41.4 Å². The van der Waals surface area contributed by atoms with Gasteiger partial charge in [-0.2, -0.15) is 0 Å². The van der Waals surface area contributed by atoms with Gasteiger partial charge < -0.3 is 5.11 Å². The quantitative estimate of drug-likeness (QED) is 0.908. The van der Waals surface area contributed by atoms with E-state index in [1.807, 2.05) is 18.2 Å². The van der Waals surface area contributed by atoms with Crippen LogP contribution in [-0.4, -0.2) is 11.1 Å². The van der Waals surface area contributed by atoms with Gasteiger partial charge in [0.1, 0.15) is 0 Å². The van der Waals surface area contributed by atoms with Crippen LogP contribution in [0.2, 0.25) is 0 Å². The van der Waals surface area contributed by atoms with Crippen molar-refractivity contribution >= 4 is 21.9 Å². The van der Waals surface area contributed by atoms with Crippen LogP contribution in [0.4, 0.5) is 0 Å². The monoisotopic (exact) mass is 270 g/mol. The third kappa shape index (κ3) is 3.06. The molecule has 0 heterocycles. The highest BCUT2D eigenvalue weighted by Gasteiger charge is 2.14. The number of carboxylic acid groups (broad SMARTS) is 1. The Kier molecular flexibility index (Phi) is 4.33. The molecule has 0 spiro atoms. The van der Waals surface area contributed by atoms with Gasteiger partial charge in [0.05, 0.1) is 5.92 Å². The molecule has 0 radical (unpaired) electrons. The number of benzene rings is 1. The molecule has 1 aromatic rings. The first-order valence-corrected chi connectivity index (χ1v) is 5.86. The first kappa shape index (κ1) is 12.2. The van der Waals surface area contributed by atoms with Crippen LogP contribution in [0.25, 0.3) is 0 Å². The molecule has 0 saturated heterocycles. The molecule has 1 N–H and O–H groups in total. The molecular formula is C12H15BrO2. The topological polar surface area (TPSA) is 37.3 Å². The van der Waals surface area contributed by atoms with Crippen molar-refractivity contribution in [1.82, 2.24) is 0 Å². The van der Waals surface area contributed by atoms with Crippen LogP contribution < -0.4 is 0 Å². The molecule has 1 unspecified atom stereocenters. The maximum atomic E-state index is 10.8. The zero-order valence-corrected chi connectivity index (χ0v) is 10.5. The van der Waals surface area contributed by atoms with Crippen molar-refractivity contribution in [3.8, 4) is 0 Å². The minimum atomic E-state index is -0.787. The van der Waals surface area contributed by atoms with Crippen molar-refractivity contribution in [3.63, 3.8) is 0 Å². The lowest BCUT2D eigenvalue weighted by molar-refractivity contribution is -0.138. The van der Waals surface area contributed by atoms with Crippen LogP contribution in [0.1, 0.15) is 37.3 Å². The number of carboxylic acids is 1. The molecule has 0 fully saturated rings. The number of halogens is 1. The number of aryl methyl sites for hydroxylation is 1. The van der Waals surface area contributed by atoms with Gasteiger partial charge in [0.2, 0.25) is 0 Å². The SMILES string of the molecule is CCCc1ccc(C(C)C(=O)O)cc1Br. The average molecular weight is 271 g/mol. The maximum Gasteiger partial charge on any atom is 0.310 e. The fourth-order valence-electron chi connectivity index (χ4n) is 1.45. The van der Waals surface area contributed by atoms with E-state index in [2.05, 4.69) is 22.9 Å². The summed E-state index contributed by atoms with van der Waals surface area (Å²) in [5.41, 5.74) is 2.08. The van der Waals surface area contributed by atoms with E-state index >= 15 is 0 Å². The Hall–Kier alpha value is -0.830. The Morgan fingerprint density at radius 3 is 2.67 bits per heavy atom. The summed E-state index contributed by atoms with van der Waals surface area (Å²) in [5.74, 6) is -1.23. The summed E-state index contributed by atoms with van der Waals surface area (Å²) in [6.07, 6.45) is 2.11. The van der Waals surface area contributed by atoms with E-state index in [9.17, 15) is 4.79 Å². The number of rotatable bonds is 4. The molecule has 0 aromatic heterocycles. The van der Waals surface area contributed by atoms with Crippen molar-refractivity contribution in [2.24, 2.45) is 0 Å². The highest BCUT2D eigenvalue weighted by Crippen LogP contribution is 2.24. The van der Waals surface area contributed by atoms with E-state index in [0.717, 1.165) is 22.9 Å². The third-order valence-electron chi connectivity index (χ3n) is 2.47. The molecule has 0 aliphatic heterocycles. The van der Waals surface area contributed by atoms with Gasteiger partial charge >= 0.3 is 5.97 Å². The smallest absolute Gasteiger partial charge is 0.310 e. The van der Waals surface area contributed by atoms with Crippen LogP contribution in [0.15, 0.2) is 22.7 Å². The fraction of sp³-hybridized carbons (Fsp3) is 0.417. The molecular weight excluding hydrogens is 256 g/mol. The normalized spacial score (nSPS) is 12.5. The van der Waals surface area contributed by atoms with Gasteiger partial charge in [0.15, 0.2) is 0 Å². The molecule has 3 heteroatoms. The minimum absolute atomic E-state index is 0.447. The van der Waals surface area contributed by atoms with Crippen LogP contribution in [-0.2, 0) is 11.2 Å². The van der Waals surface area contributed by atoms with Crippen molar-refractivity contribution in [1.29, 1.82) is 0 Å². The lowest BCUT2D eigenvalue weighted by Crippen LogP contribution is -2.07. The van der Waals surface area contributed by atoms with Gasteiger partial charge in [-0.3, -0.25) is 4.79 Å². The van der Waals surface area contributed by atoms with Crippen LogP contribution in [0.3, 0.4) is 0 Å². The summed E-state index contributed by atoms with van der Waals surface area (Å²) in [6, 6.07) is 5.81. The van der Waals surface area contributed by atoms with Crippen LogP contribution in [0, 0.1) is 0 Å². The lowest BCUT2D eigenvalue weighted by Gasteiger charge is -2.09. The predicted octanol–water partition coefficient (Wildman–Crippen LogP) is 3.59. The summed E-state index contributed by atoms with van der Waals surface area (Å²) in [4.78, 5) is 10.8. The molecule has 0 bridgehead atoms. The van der Waals surface area contributed by atoms with Gasteiger partial charge in [-0.15, -0.1) is 0 Å². The largest absolute Gasteiger partial charge is 0.481 e. The first-order chi connectivity index (χ1) is 7.06. The Labute approximate surface area is 98.4 Å². The predicted molar refractivity (Wildman–Crippen MR) is 64.2 cm³/mol. The Morgan fingerprint density at radius 2 is 2.20 bits per heavy atom. The second-order valence-corrected chi connectivity index (χ2v) is 4.52. The van der Waals surface area contributed by atoms with Gasteiger partial charge in [0, 0.05) is 4.47 Å². The van der Waals surface area contributed by atoms with Crippen LogP contribution >= 0.6 is 15.9 Å². The second-order valence-electron chi connectivity index (χ2n) is 3.66. The second kappa shape index (κ2) is 5.31. The number of hydrogen-bond acceptors (Lipinski definition) is 1. The van der Waals surface area contributed by atoms with Crippen LogP contribution in [0.5, 0.6) is 0 Å². The van der Waals surface area contributed by atoms with E-state index in [1.54, 1.807) is 6.92 Å². The molecule has 1 atom stereocenters. The molecule has 1 rings (SSSR count). The van der Waals surface area contributed by atoms with Crippen molar-refractivity contribution < 1.29 is 9.90 Å². The van der Waals surface area contributed by atoms with Crippen molar-refractivity contribution in [2.45, 2.75) is 32.6 Å². The summed E-state index contributed by atoms with van der Waals surface area (Å²) >= 11 is 3.47. The minimum Gasteiger partial charge on any atom is -0.481 e. The molecule has 82 valence electrons. The average Bonchev–Trinajstić information content (AvgIpc) is 2.20.